The van der Waals surface area contributed by atoms with Crippen molar-refractivity contribution in [2.75, 3.05) is 6.61 Å². The van der Waals surface area contributed by atoms with Crippen molar-refractivity contribution in [1.29, 1.82) is 0 Å². The van der Waals surface area contributed by atoms with E-state index in [4.69, 9.17) is 4.74 Å². The predicted molar refractivity (Wildman–Crippen MR) is 36.6 cm³/mol. The maximum atomic E-state index is 5.09. The Morgan fingerprint density at radius 1 is 1.80 bits per heavy atom. The molecular weight excluding hydrogens is 128 g/mol. The van der Waals surface area contributed by atoms with E-state index in [1.54, 1.807) is 0 Å². The minimum atomic E-state index is 0.292. The molecule has 1 aromatic rings. The van der Waals surface area contributed by atoms with Gasteiger partial charge in [0, 0.05) is 12.7 Å². The highest BCUT2D eigenvalue weighted by Gasteiger charge is 2.27. The molecule has 0 N–H and O–H groups in total. The molecule has 0 bridgehead atoms. The van der Waals surface area contributed by atoms with E-state index in [1.807, 2.05) is 18.7 Å². The van der Waals surface area contributed by atoms with E-state index in [2.05, 4.69) is 11.2 Å². The molecule has 0 saturated carbocycles. The summed E-state index contributed by atoms with van der Waals surface area (Å²) in [5.41, 5.74) is 2.26. The van der Waals surface area contributed by atoms with Gasteiger partial charge in [0.05, 0.1) is 12.3 Å². The van der Waals surface area contributed by atoms with Gasteiger partial charge in [-0.3, -0.25) is 4.68 Å². The fourth-order valence-corrected chi connectivity index (χ4v) is 0.965. The summed E-state index contributed by atoms with van der Waals surface area (Å²) in [5, 5.41) is 4.26. The topological polar surface area (TPSA) is 30.4 Å². The van der Waals surface area contributed by atoms with E-state index in [0.29, 0.717) is 6.10 Å². The largest absolute Gasteiger partial charge is 0.366 e. The Morgan fingerprint density at radius 2 is 2.50 bits per heavy atom. The summed E-state index contributed by atoms with van der Waals surface area (Å²) < 4.78 is 6.96. The van der Waals surface area contributed by atoms with Crippen LogP contribution in [0.15, 0.2) is 6.07 Å². The molecule has 1 aromatic heterocycles. The molecule has 1 fully saturated rings. The number of hydrogen-bond acceptors (Lipinski definition) is 2. The zero-order chi connectivity index (χ0) is 7.14. The predicted octanol–water partition coefficient (Wildman–Crippen LogP) is 0.800. The maximum Gasteiger partial charge on any atom is 0.125 e. The molecule has 2 rings (SSSR count). The van der Waals surface area contributed by atoms with Crippen LogP contribution in [-0.2, 0) is 11.8 Å². The van der Waals surface area contributed by atoms with E-state index in [1.165, 1.54) is 5.69 Å². The van der Waals surface area contributed by atoms with Gasteiger partial charge in [-0.2, -0.15) is 5.10 Å². The van der Waals surface area contributed by atoms with Crippen molar-refractivity contribution in [3.63, 3.8) is 0 Å². The van der Waals surface area contributed by atoms with Crippen LogP contribution in [0.4, 0.5) is 0 Å². The van der Waals surface area contributed by atoms with Crippen molar-refractivity contribution in [3.8, 4) is 0 Å². The molecule has 2 heterocycles. The quantitative estimate of drug-likeness (QED) is 0.537. The van der Waals surface area contributed by atoms with Crippen LogP contribution in [0.2, 0.25) is 0 Å². The Hall–Kier alpha value is -0.830. The smallest absolute Gasteiger partial charge is 0.125 e. The van der Waals surface area contributed by atoms with Crippen LogP contribution in [-0.4, -0.2) is 16.4 Å². The molecule has 1 aliphatic heterocycles. The lowest BCUT2D eigenvalue weighted by atomic mass is 10.3. The normalized spacial score (nSPS) is 23.2. The van der Waals surface area contributed by atoms with Crippen molar-refractivity contribution in [3.05, 3.63) is 17.5 Å². The van der Waals surface area contributed by atoms with Gasteiger partial charge in [-0.1, -0.05) is 0 Å². The summed E-state index contributed by atoms with van der Waals surface area (Å²) >= 11 is 0. The molecule has 0 radical (unpaired) electrons. The number of ether oxygens (including phenoxy) is 1. The van der Waals surface area contributed by atoms with Gasteiger partial charge < -0.3 is 4.74 Å². The van der Waals surface area contributed by atoms with Crippen LogP contribution >= 0.6 is 0 Å². The van der Waals surface area contributed by atoms with Crippen molar-refractivity contribution >= 4 is 0 Å². The summed E-state index contributed by atoms with van der Waals surface area (Å²) in [6, 6.07) is 2.07. The number of rotatable bonds is 1. The van der Waals surface area contributed by atoms with E-state index in [9.17, 15) is 0 Å². The Labute approximate surface area is 59.6 Å². The molecule has 0 spiro atoms. The van der Waals surface area contributed by atoms with Crippen LogP contribution in [0.3, 0.4) is 0 Å². The third-order valence-electron chi connectivity index (χ3n) is 1.80. The molecule has 0 aromatic carbocycles. The highest BCUT2D eigenvalue weighted by Crippen LogP contribution is 2.28. The van der Waals surface area contributed by atoms with E-state index in [0.717, 1.165) is 12.3 Å². The van der Waals surface area contributed by atoms with Gasteiger partial charge in [0.25, 0.3) is 0 Å². The lowest BCUT2D eigenvalue weighted by molar-refractivity contribution is 0.409. The number of aromatic nitrogens is 2. The molecule has 3 heteroatoms. The standard InChI is InChI=1S/C7H10N2O/c1-5-3-6(7-4-10-7)8-9(5)2/h3,7H,4H2,1-2H3/t7-/m0/s1. The number of hydrogen-bond donors (Lipinski definition) is 0. The molecule has 10 heavy (non-hydrogen) atoms. The second kappa shape index (κ2) is 1.83. The van der Waals surface area contributed by atoms with Crippen molar-refractivity contribution in [2.45, 2.75) is 13.0 Å². The summed E-state index contributed by atoms with van der Waals surface area (Å²) in [4.78, 5) is 0. The highest BCUT2D eigenvalue weighted by molar-refractivity contribution is 5.13. The number of aryl methyl sites for hydroxylation is 2. The minimum Gasteiger partial charge on any atom is -0.366 e. The van der Waals surface area contributed by atoms with Gasteiger partial charge in [-0.05, 0) is 13.0 Å². The van der Waals surface area contributed by atoms with E-state index in [-0.39, 0.29) is 0 Å². The fourth-order valence-electron chi connectivity index (χ4n) is 0.965. The van der Waals surface area contributed by atoms with Crippen LogP contribution in [0, 0.1) is 6.92 Å². The Morgan fingerprint density at radius 3 is 2.90 bits per heavy atom. The van der Waals surface area contributed by atoms with Crippen LogP contribution in [0.1, 0.15) is 17.5 Å². The van der Waals surface area contributed by atoms with Crippen LogP contribution in [0.5, 0.6) is 0 Å². The first-order valence-electron chi connectivity index (χ1n) is 3.39. The van der Waals surface area contributed by atoms with Gasteiger partial charge in [-0.25, -0.2) is 0 Å². The first-order chi connectivity index (χ1) is 4.77. The van der Waals surface area contributed by atoms with E-state index < -0.39 is 0 Å². The highest BCUT2D eigenvalue weighted by atomic mass is 16.6. The molecule has 3 nitrogen and oxygen atoms in total. The average molecular weight is 138 g/mol. The SMILES string of the molecule is Cc1cc([C@@H]2CO2)nn1C. The second-order valence-electron chi connectivity index (χ2n) is 2.66. The molecule has 0 amide bonds. The van der Waals surface area contributed by atoms with Crippen molar-refractivity contribution < 1.29 is 4.74 Å². The lowest BCUT2D eigenvalue weighted by Gasteiger charge is -1.88. The Kier molecular flexibility index (Phi) is 1.08. The molecule has 1 atom stereocenters. The zero-order valence-electron chi connectivity index (χ0n) is 6.16. The van der Waals surface area contributed by atoms with Gasteiger partial charge >= 0.3 is 0 Å². The molecule has 0 unspecified atom stereocenters. The summed E-state index contributed by atoms with van der Waals surface area (Å²) in [5.74, 6) is 0. The monoisotopic (exact) mass is 138 g/mol. The zero-order valence-corrected chi connectivity index (χ0v) is 6.16. The molecule has 0 aliphatic carbocycles. The minimum absolute atomic E-state index is 0.292. The van der Waals surface area contributed by atoms with Crippen molar-refractivity contribution in [2.24, 2.45) is 7.05 Å². The molecular formula is C7H10N2O. The average Bonchev–Trinajstić information content (AvgIpc) is 2.64. The molecule has 54 valence electrons. The number of epoxide rings is 1. The summed E-state index contributed by atoms with van der Waals surface area (Å²) in [6.45, 7) is 2.88. The van der Waals surface area contributed by atoms with Gasteiger partial charge in [-0.15, -0.1) is 0 Å². The van der Waals surface area contributed by atoms with E-state index >= 15 is 0 Å². The van der Waals surface area contributed by atoms with Gasteiger partial charge in [0.2, 0.25) is 0 Å². The fraction of sp³-hybridized carbons (Fsp3) is 0.571. The number of nitrogens with zero attached hydrogens (tertiary/aromatic N) is 2. The molecule has 1 saturated heterocycles. The molecule has 1 aliphatic rings. The van der Waals surface area contributed by atoms with Gasteiger partial charge in [0.15, 0.2) is 0 Å². The third kappa shape index (κ3) is 0.827. The second-order valence-corrected chi connectivity index (χ2v) is 2.66. The van der Waals surface area contributed by atoms with Crippen LogP contribution in [0.25, 0.3) is 0 Å². The Balaban J connectivity index is 2.34. The Bertz CT molecular complexity index is 231. The summed E-state index contributed by atoms with van der Waals surface area (Å²) in [7, 11) is 1.95. The lowest BCUT2D eigenvalue weighted by Crippen LogP contribution is -1.92. The van der Waals surface area contributed by atoms with Crippen LogP contribution < -0.4 is 0 Å². The first kappa shape index (κ1) is 5.92. The van der Waals surface area contributed by atoms with Gasteiger partial charge in [0.1, 0.15) is 6.10 Å². The first-order valence-corrected chi connectivity index (χ1v) is 3.39. The third-order valence-corrected chi connectivity index (χ3v) is 1.80. The van der Waals surface area contributed by atoms with Crippen molar-refractivity contribution in [1.82, 2.24) is 9.78 Å². The maximum absolute atomic E-state index is 5.09. The summed E-state index contributed by atoms with van der Waals surface area (Å²) in [6.07, 6.45) is 0.292.